The Kier molecular flexibility index (Phi) is 4.80. The number of aryl methyl sites for hydroxylation is 1. The van der Waals surface area contributed by atoms with Crippen molar-refractivity contribution < 1.29 is 9.59 Å². The number of nitrogens with zero attached hydrogens (tertiary/aromatic N) is 2. The van der Waals surface area contributed by atoms with E-state index in [4.69, 9.17) is 0 Å². The smallest absolute Gasteiger partial charge is 0.321 e. The van der Waals surface area contributed by atoms with E-state index in [-0.39, 0.29) is 11.9 Å². The van der Waals surface area contributed by atoms with Crippen LogP contribution in [0.4, 0.5) is 16.2 Å². The lowest BCUT2D eigenvalue weighted by Crippen LogP contribution is -2.41. The topological polar surface area (TPSA) is 90.1 Å². The van der Waals surface area contributed by atoms with Gasteiger partial charge in [-0.2, -0.15) is 5.10 Å². The molecule has 0 unspecified atom stereocenters. The average molecular weight is 375 g/mol. The minimum atomic E-state index is -0.205. The molecule has 0 saturated heterocycles. The van der Waals surface area contributed by atoms with Gasteiger partial charge in [0, 0.05) is 36.6 Å². The number of rotatable bonds is 3. The van der Waals surface area contributed by atoms with Crippen molar-refractivity contribution in [2.24, 2.45) is 0 Å². The van der Waals surface area contributed by atoms with E-state index in [1.165, 1.54) is 0 Å². The molecule has 7 nitrogen and oxygen atoms in total. The van der Waals surface area contributed by atoms with Gasteiger partial charge in [-0.05, 0) is 48.7 Å². The van der Waals surface area contributed by atoms with Crippen LogP contribution in [0.1, 0.15) is 22.3 Å². The fraction of sp³-hybridized carbons (Fsp3) is 0.190. The summed E-state index contributed by atoms with van der Waals surface area (Å²) >= 11 is 0. The lowest BCUT2D eigenvalue weighted by Gasteiger charge is -2.29. The van der Waals surface area contributed by atoms with E-state index < -0.39 is 0 Å². The van der Waals surface area contributed by atoms with Crippen molar-refractivity contribution >= 4 is 23.3 Å². The number of carbonyl (C=O) groups is 2. The molecule has 142 valence electrons. The zero-order chi connectivity index (χ0) is 19.5. The third kappa shape index (κ3) is 3.46. The molecule has 0 aliphatic carbocycles. The number of fused-ring (bicyclic) bond motifs is 1. The minimum Gasteiger partial charge on any atom is -0.341 e. The molecule has 0 atom stereocenters. The summed E-state index contributed by atoms with van der Waals surface area (Å²) in [5.74, 6) is -0.205. The second-order valence-corrected chi connectivity index (χ2v) is 6.66. The fourth-order valence-electron chi connectivity index (χ4n) is 3.45. The molecule has 0 spiro atoms. The summed E-state index contributed by atoms with van der Waals surface area (Å²) in [6.45, 7) is 0.663. The van der Waals surface area contributed by atoms with E-state index in [1.54, 1.807) is 24.2 Å². The molecule has 1 aromatic heterocycles. The van der Waals surface area contributed by atoms with Crippen LogP contribution in [0.15, 0.2) is 54.7 Å². The maximum atomic E-state index is 12.7. The average Bonchev–Trinajstić information content (AvgIpc) is 3.28. The molecular weight excluding hydrogens is 354 g/mol. The highest BCUT2D eigenvalue weighted by molar-refractivity contribution is 6.05. The molecule has 3 N–H and O–H groups in total. The molecule has 0 radical (unpaired) electrons. The SMILES string of the molecule is CNC(=O)N1CCCc2ccc(NC(=O)c3cccc(-c4ccn[nH]4)c3)cc21. The van der Waals surface area contributed by atoms with Gasteiger partial charge in [-0.15, -0.1) is 0 Å². The van der Waals surface area contributed by atoms with Crippen LogP contribution in [-0.2, 0) is 6.42 Å². The number of carbonyl (C=O) groups excluding carboxylic acids is 2. The summed E-state index contributed by atoms with van der Waals surface area (Å²) in [6.07, 6.45) is 3.52. The fourth-order valence-corrected chi connectivity index (χ4v) is 3.45. The molecule has 0 bridgehead atoms. The molecule has 0 saturated carbocycles. The van der Waals surface area contributed by atoms with E-state index in [2.05, 4.69) is 20.8 Å². The third-order valence-corrected chi connectivity index (χ3v) is 4.86. The Labute approximate surface area is 162 Å². The predicted octanol–water partition coefficient (Wildman–Crippen LogP) is 3.42. The van der Waals surface area contributed by atoms with Crippen molar-refractivity contribution in [3.05, 3.63) is 65.9 Å². The summed E-state index contributed by atoms with van der Waals surface area (Å²) in [5.41, 5.74) is 4.90. The van der Waals surface area contributed by atoms with Gasteiger partial charge in [0.2, 0.25) is 0 Å². The van der Waals surface area contributed by atoms with E-state index >= 15 is 0 Å². The van der Waals surface area contributed by atoms with Gasteiger partial charge < -0.3 is 10.6 Å². The van der Waals surface area contributed by atoms with Crippen LogP contribution in [0.5, 0.6) is 0 Å². The summed E-state index contributed by atoms with van der Waals surface area (Å²) in [5, 5.41) is 12.5. The van der Waals surface area contributed by atoms with Crippen molar-refractivity contribution in [2.75, 3.05) is 23.8 Å². The number of aromatic amines is 1. The van der Waals surface area contributed by atoms with E-state index in [1.807, 2.05) is 42.5 Å². The molecule has 0 fully saturated rings. The second kappa shape index (κ2) is 7.56. The maximum absolute atomic E-state index is 12.7. The molecule has 1 aliphatic heterocycles. The molecule has 1 aliphatic rings. The van der Waals surface area contributed by atoms with Gasteiger partial charge in [-0.3, -0.25) is 14.8 Å². The summed E-state index contributed by atoms with van der Waals surface area (Å²) in [6, 6.07) is 14.8. The van der Waals surface area contributed by atoms with Crippen LogP contribution < -0.4 is 15.5 Å². The lowest BCUT2D eigenvalue weighted by molar-refractivity contribution is 0.102. The first-order valence-corrected chi connectivity index (χ1v) is 9.19. The summed E-state index contributed by atoms with van der Waals surface area (Å²) in [4.78, 5) is 26.6. The van der Waals surface area contributed by atoms with Crippen LogP contribution >= 0.6 is 0 Å². The normalized spacial score (nSPS) is 13.0. The molecule has 2 aromatic carbocycles. The molecule has 3 amide bonds. The van der Waals surface area contributed by atoms with Crippen molar-refractivity contribution in [3.63, 3.8) is 0 Å². The number of H-pyrrole nitrogens is 1. The van der Waals surface area contributed by atoms with Crippen LogP contribution in [0.2, 0.25) is 0 Å². The standard InChI is InChI=1S/C21H21N5O2/c1-22-21(28)26-11-3-6-14-7-8-17(13-19(14)26)24-20(27)16-5-2-4-15(12-16)18-9-10-23-25-18/h2,4-5,7-10,12-13H,3,6,11H2,1H3,(H,22,28)(H,23,25)(H,24,27). The Morgan fingerprint density at radius 1 is 1.14 bits per heavy atom. The number of nitrogens with one attached hydrogen (secondary N) is 3. The van der Waals surface area contributed by atoms with Gasteiger partial charge in [-0.1, -0.05) is 18.2 Å². The third-order valence-electron chi connectivity index (χ3n) is 4.86. The molecule has 28 heavy (non-hydrogen) atoms. The van der Waals surface area contributed by atoms with Crippen LogP contribution in [0.25, 0.3) is 11.3 Å². The van der Waals surface area contributed by atoms with Gasteiger partial charge >= 0.3 is 6.03 Å². The number of amides is 3. The molecule has 7 heteroatoms. The first kappa shape index (κ1) is 17.8. The summed E-state index contributed by atoms with van der Waals surface area (Å²) < 4.78 is 0. The Morgan fingerprint density at radius 2 is 2.04 bits per heavy atom. The number of aromatic nitrogens is 2. The highest BCUT2D eigenvalue weighted by Gasteiger charge is 2.22. The van der Waals surface area contributed by atoms with Gasteiger partial charge in [-0.25, -0.2) is 4.79 Å². The van der Waals surface area contributed by atoms with Crippen LogP contribution in [0, 0.1) is 0 Å². The number of anilines is 2. The predicted molar refractivity (Wildman–Crippen MR) is 109 cm³/mol. The van der Waals surface area contributed by atoms with Gasteiger partial charge in [0.1, 0.15) is 0 Å². The Bertz CT molecular complexity index is 1010. The first-order chi connectivity index (χ1) is 13.7. The molecular formula is C21H21N5O2. The Hall–Kier alpha value is -3.61. The second-order valence-electron chi connectivity index (χ2n) is 6.66. The van der Waals surface area contributed by atoms with E-state index in [0.29, 0.717) is 17.8 Å². The molecule has 3 aromatic rings. The lowest BCUT2D eigenvalue weighted by atomic mass is 10.0. The largest absolute Gasteiger partial charge is 0.341 e. The summed E-state index contributed by atoms with van der Waals surface area (Å²) in [7, 11) is 1.62. The number of benzene rings is 2. The minimum absolute atomic E-state index is 0.142. The Morgan fingerprint density at radius 3 is 2.82 bits per heavy atom. The van der Waals surface area contributed by atoms with Crippen molar-refractivity contribution in [1.29, 1.82) is 0 Å². The zero-order valence-electron chi connectivity index (χ0n) is 15.5. The molecule has 4 rings (SSSR count). The van der Waals surface area contributed by atoms with Crippen molar-refractivity contribution in [2.45, 2.75) is 12.8 Å². The van der Waals surface area contributed by atoms with Crippen molar-refractivity contribution in [3.8, 4) is 11.3 Å². The van der Waals surface area contributed by atoms with E-state index in [0.717, 1.165) is 35.3 Å². The molecule has 2 heterocycles. The van der Waals surface area contributed by atoms with Crippen molar-refractivity contribution in [1.82, 2.24) is 15.5 Å². The van der Waals surface area contributed by atoms with Crippen LogP contribution in [-0.4, -0.2) is 35.7 Å². The monoisotopic (exact) mass is 375 g/mol. The highest BCUT2D eigenvalue weighted by atomic mass is 16.2. The maximum Gasteiger partial charge on any atom is 0.321 e. The van der Waals surface area contributed by atoms with Gasteiger partial charge in [0.25, 0.3) is 5.91 Å². The Balaban J connectivity index is 1.57. The van der Waals surface area contributed by atoms with Gasteiger partial charge in [0.05, 0.1) is 11.4 Å². The highest BCUT2D eigenvalue weighted by Crippen LogP contribution is 2.30. The van der Waals surface area contributed by atoms with Crippen LogP contribution in [0.3, 0.4) is 0 Å². The van der Waals surface area contributed by atoms with Gasteiger partial charge in [0.15, 0.2) is 0 Å². The van der Waals surface area contributed by atoms with E-state index in [9.17, 15) is 9.59 Å². The number of hydrogen-bond acceptors (Lipinski definition) is 3. The quantitative estimate of drug-likeness (QED) is 0.655. The number of hydrogen-bond donors (Lipinski definition) is 3. The number of urea groups is 1. The first-order valence-electron chi connectivity index (χ1n) is 9.19. The zero-order valence-corrected chi connectivity index (χ0v) is 15.5.